The summed E-state index contributed by atoms with van der Waals surface area (Å²) >= 11 is 6.71. The van der Waals surface area contributed by atoms with Crippen LogP contribution in [0.15, 0.2) is 45.3 Å². The normalized spacial score (nSPS) is 18.7. The highest BCUT2D eigenvalue weighted by Crippen LogP contribution is 2.34. The molecule has 312 valence electrons. The number of carbonyl (C=O) groups is 5. The number of urea groups is 1. The number of carbonyl (C=O) groups excluding carboxylic acids is 5. The number of nitrogens with one attached hydrogen (secondary N) is 1. The second-order valence-corrected chi connectivity index (χ2v) is 17.3. The molecule has 4 aliphatic rings. The highest BCUT2D eigenvalue weighted by molar-refractivity contribution is 9.11. The lowest BCUT2D eigenvalue weighted by Crippen LogP contribution is -2.51. The van der Waals surface area contributed by atoms with Crippen LogP contribution < -0.4 is 5.32 Å². The number of amides is 5. The van der Waals surface area contributed by atoms with Gasteiger partial charge < -0.3 is 39.5 Å². The van der Waals surface area contributed by atoms with Crippen molar-refractivity contribution in [3.05, 3.63) is 56.5 Å². The summed E-state index contributed by atoms with van der Waals surface area (Å²) in [4.78, 5) is 69.9. The largest absolute Gasteiger partial charge is 0.506 e. The van der Waals surface area contributed by atoms with E-state index in [0.29, 0.717) is 73.0 Å². The van der Waals surface area contributed by atoms with E-state index >= 15 is 0 Å². The first-order valence-electron chi connectivity index (χ1n) is 20.3. The van der Waals surface area contributed by atoms with Crippen molar-refractivity contribution in [1.29, 1.82) is 0 Å². The SMILES string of the molecule is CC1CCN(C(=O)[C@@H](Cc2cc(Br)c(O)c(Br)c2)OC(=O)N2CCC(N3CCc4ccccc4NC3=O)CC2)CC1.CCOC(=O)CCC(=O)N1CCC(C)CC1. The average molecular weight is 920 g/mol. The third-order valence-corrected chi connectivity index (χ3v) is 12.6. The van der Waals surface area contributed by atoms with Crippen LogP contribution in [0.4, 0.5) is 15.3 Å². The summed E-state index contributed by atoms with van der Waals surface area (Å²) in [5, 5.41) is 13.2. The number of halogens is 2. The first kappa shape index (κ1) is 44.3. The van der Waals surface area contributed by atoms with Gasteiger partial charge in [-0.25, -0.2) is 9.59 Å². The molecule has 0 aliphatic carbocycles. The monoisotopic (exact) mass is 917 g/mol. The number of fused-ring (bicyclic) bond motifs is 1. The molecule has 13 nitrogen and oxygen atoms in total. The van der Waals surface area contributed by atoms with Crippen molar-refractivity contribution in [1.82, 2.24) is 19.6 Å². The second-order valence-electron chi connectivity index (χ2n) is 15.6. The molecule has 5 amide bonds. The Hall–Kier alpha value is -3.85. The number of aromatic hydroxyl groups is 1. The number of hydrogen-bond acceptors (Lipinski definition) is 8. The molecule has 2 aromatic rings. The van der Waals surface area contributed by atoms with Crippen molar-refractivity contribution in [3.63, 3.8) is 0 Å². The molecule has 0 spiro atoms. The number of rotatable bonds is 9. The van der Waals surface area contributed by atoms with Crippen LogP contribution in [-0.4, -0.2) is 119 Å². The van der Waals surface area contributed by atoms with Gasteiger partial charge in [0.1, 0.15) is 5.75 Å². The van der Waals surface area contributed by atoms with Crippen LogP contribution in [0.1, 0.15) is 83.3 Å². The topological polar surface area (TPSA) is 149 Å². The number of hydrogen-bond donors (Lipinski definition) is 2. The van der Waals surface area contributed by atoms with Gasteiger partial charge >= 0.3 is 18.1 Å². The van der Waals surface area contributed by atoms with Crippen LogP contribution in [0.5, 0.6) is 5.75 Å². The van der Waals surface area contributed by atoms with Gasteiger partial charge in [0.2, 0.25) is 5.91 Å². The number of benzene rings is 2. The summed E-state index contributed by atoms with van der Waals surface area (Å²) in [6.45, 7) is 11.0. The van der Waals surface area contributed by atoms with Gasteiger partial charge in [0.15, 0.2) is 6.10 Å². The summed E-state index contributed by atoms with van der Waals surface area (Å²) < 4.78 is 11.7. The fourth-order valence-corrected chi connectivity index (χ4v) is 9.00. The highest BCUT2D eigenvalue weighted by Gasteiger charge is 2.35. The maximum Gasteiger partial charge on any atom is 0.410 e. The van der Waals surface area contributed by atoms with Crippen molar-refractivity contribution in [2.75, 3.05) is 57.7 Å². The molecule has 0 saturated carbocycles. The number of phenolic OH excluding ortho intramolecular Hbond substituents is 1. The number of piperidine rings is 3. The van der Waals surface area contributed by atoms with E-state index in [0.717, 1.165) is 62.0 Å². The second kappa shape index (κ2) is 21.2. The van der Waals surface area contributed by atoms with E-state index in [4.69, 9.17) is 9.47 Å². The number of esters is 1. The summed E-state index contributed by atoms with van der Waals surface area (Å²) in [5.41, 5.74) is 2.73. The fraction of sp³-hybridized carbons (Fsp3) is 0.595. The lowest BCUT2D eigenvalue weighted by atomic mass is 9.98. The predicted octanol–water partition coefficient (Wildman–Crippen LogP) is 7.37. The molecule has 1 atom stereocenters. The minimum absolute atomic E-state index is 0.0211. The molecule has 0 radical (unpaired) electrons. The Labute approximate surface area is 353 Å². The molecule has 4 aliphatic heterocycles. The summed E-state index contributed by atoms with van der Waals surface area (Å²) in [5.74, 6) is 0.964. The van der Waals surface area contributed by atoms with E-state index in [9.17, 15) is 29.1 Å². The fourth-order valence-electron chi connectivity index (χ4n) is 7.71. The number of likely N-dealkylation sites (tertiary alicyclic amines) is 3. The zero-order chi connectivity index (χ0) is 41.1. The molecular formula is C42H57Br2N5O8. The minimum atomic E-state index is -0.980. The molecule has 15 heteroatoms. The smallest absolute Gasteiger partial charge is 0.410 e. The lowest BCUT2D eigenvalue weighted by Gasteiger charge is -2.38. The molecule has 0 unspecified atom stereocenters. The van der Waals surface area contributed by atoms with Gasteiger partial charge in [-0.1, -0.05) is 32.0 Å². The van der Waals surface area contributed by atoms with Crippen molar-refractivity contribution < 1.29 is 38.6 Å². The minimum Gasteiger partial charge on any atom is -0.506 e. The van der Waals surface area contributed by atoms with Crippen LogP contribution >= 0.6 is 31.9 Å². The number of phenols is 1. The van der Waals surface area contributed by atoms with Crippen molar-refractivity contribution >= 4 is 67.5 Å². The van der Waals surface area contributed by atoms with E-state index in [-0.39, 0.29) is 54.9 Å². The van der Waals surface area contributed by atoms with Crippen LogP contribution in [-0.2, 0) is 36.7 Å². The molecule has 2 aromatic carbocycles. The van der Waals surface area contributed by atoms with Crippen molar-refractivity contribution in [2.24, 2.45) is 11.8 Å². The van der Waals surface area contributed by atoms with Gasteiger partial charge in [0.05, 0.1) is 22.0 Å². The van der Waals surface area contributed by atoms with E-state index in [1.807, 2.05) is 34.1 Å². The first-order valence-corrected chi connectivity index (χ1v) is 21.9. The number of para-hydroxylation sites is 1. The Kier molecular flexibility index (Phi) is 16.5. The highest BCUT2D eigenvalue weighted by atomic mass is 79.9. The third-order valence-electron chi connectivity index (χ3n) is 11.4. The predicted molar refractivity (Wildman–Crippen MR) is 224 cm³/mol. The van der Waals surface area contributed by atoms with Gasteiger partial charge in [-0.15, -0.1) is 0 Å². The third kappa shape index (κ3) is 12.6. The van der Waals surface area contributed by atoms with E-state index < -0.39 is 12.2 Å². The van der Waals surface area contributed by atoms with Crippen LogP contribution in [0, 0.1) is 11.8 Å². The molecule has 0 aromatic heterocycles. The molecule has 57 heavy (non-hydrogen) atoms. The molecule has 6 rings (SSSR count). The first-order chi connectivity index (χ1) is 27.3. The standard InChI is InChI=1S/C30H36Br2N4O5.C12H21NO3/c1-19-6-11-34(12-7-19)28(38)26(18-20-16-23(31)27(37)24(32)17-20)41-30(40)35-13-9-22(10-14-35)36-15-8-21-4-2-3-5-25(21)33-29(36)39;1-3-16-12(15)5-4-11(14)13-8-6-10(2)7-9-13/h2-5,16-17,19,22,26,37H,6-15,18H2,1H3,(H,33,39);10H,3-9H2,1-2H3/t26-;/m1./s1. The molecule has 3 fully saturated rings. The van der Waals surface area contributed by atoms with Crippen LogP contribution in [0.3, 0.4) is 0 Å². The van der Waals surface area contributed by atoms with E-state index in [1.165, 1.54) is 0 Å². The van der Waals surface area contributed by atoms with Crippen molar-refractivity contribution in [3.8, 4) is 5.75 Å². The number of anilines is 1. The molecule has 2 N–H and O–H groups in total. The Bertz CT molecular complexity index is 1700. The Morgan fingerprint density at radius 3 is 2.02 bits per heavy atom. The van der Waals surface area contributed by atoms with E-state index in [2.05, 4.69) is 51.0 Å². The number of ether oxygens (including phenoxy) is 2. The van der Waals surface area contributed by atoms with Crippen LogP contribution in [0.25, 0.3) is 0 Å². The summed E-state index contributed by atoms with van der Waals surface area (Å²) in [6.07, 6.45) is 5.24. The van der Waals surface area contributed by atoms with E-state index in [1.54, 1.807) is 28.9 Å². The van der Waals surface area contributed by atoms with Gasteiger partial charge in [0.25, 0.3) is 5.91 Å². The van der Waals surface area contributed by atoms with Gasteiger partial charge in [-0.05, 0) is 125 Å². The number of nitrogens with zero attached hydrogens (tertiary/aromatic N) is 4. The van der Waals surface area contributed by atoms with Crippen molar-refractivity contribution in [2.45, 2.75) is 97.1 Å². The summed E-state index contributed by atoms with van der Waals surface area (Å²) in [6, 6.07) is 11.3. The van der Waals surface area contributed by atoms with Gasteiger partial charge in [-0.3, -0.25) is 14.4 Å². The Morgan fingerprint density at radius 2 is 1.40 bits per heavy atom. The van der Waals surface area contributed by atoms with Crippen LogP contribution in [0.2, 0.25) is 0 Å². The maximum atomic E-state index is 13.6. The Morgan fingerprint density at radius 1 is 0.825 bits per heavy atom. The lowest BCUT2D eigenvalue weighted by molar-refractivity contribution is -0.146. The van der Waals surface area contributed by atoms with Gasteiger partial charge in [-0.2, -0.15) is 0 Å². The zero-order valence-electron chi connectivity index (χ0n) is 33.4. The Balaban J connectivity index is 0.000000326. The molecular weight excluding hydrogens is 862 g/mol. The molecule has 3 saturated heterocycles. The molecule has 4 heterocycles. The quantitative estimate of drug-likeness (QED) is 0.248. The average Bonchev–Trinajstić information content (AvgIpc) is 3.37. The summed E-state index contributed by atoms with van der Waals surface area (Å²) in [7, 11) is 0. The molecule has 0 bridgehead atoms. The zero-order valence-corrected chi connectivity index (χ0v) is 36.5. The van der Waals surface area contributed by atoms with Gasteiger partial charge in [0, 0.05) is 70.4 Å². The maximum absolute atomic E-state index is 13.6.